The molecule has 0 atom stereocenters. The maximum Gasteiger partial charge on any atom is 0.226 e. The second kappa shape index (κ2) is 6.73. The molecule has 0 aliphatic heterocycles. The third-order valence-electron chi connectivity index (χ3n) is 1.98. The molecule has 1 amide bonds. The van der Waals surface area contributed by atoms with Gasteiger partial charge < -0.3 is 5.32 Å². The number of carbonyl (C=O) groups excluding carboxylic acids is 1. The molecule has 0 fully saturated rings. The van der Waals surface area contributed by atoms with E-state index in [0.29, 0.717) is 12.4 Å². The molecule has 1 N–H and O–H groups in total. The van der Waals surface area contributed by atoms with Crippen molar-refractivity contribution in [1.29, 1.82) is 0 Å². The van der Waals surface area contributed by atoms with Crippen LogP contribution in [0.3, 0.4) is 0 Å². The highest BCUT2D eigenvalue weighted by atomic mass is 35.5. The average molecular weight is 216 g/mol. The molecule has 0 saturated heterocycles. The van der Waals surface area contributed by atoms with Crippen molar-refractivity contribution in [3.05, 3.63) is 0 Å². The van der Waals surface area contributed by atoms with Gasteiger partial charge in [0.2, 0.25) is 5.91 Å². The second-order valence-corrected chi connectivity index (χ2v) is 4.20. The van der Waals surface area contributed by atoms with E-state index in [1.165, 1.54) is 0 Å². The van der Waals surface area contributed by atoms with E-state index in [1.807, 2.05) is 13.8 Å². The van der Waals surface area contributed by atoms with Crippen LogP contribution in [0.5, 0.6) is 0 Å². The summed E-state index contributed by atoms with van der Waals surface area (Å²) < 4.78 is 0. The fraction of sp³-hybridized carbons (Fsp3) is 0.727. The molecule has 0 aliphatic rings. The summed E-state index contributed by atoms with van der Waals surface area (Å²) in [5, 5.41) is 2.84. The minimum absolute atomic E-state index is 0.00760. The summed E-state index contributed by atoms with van der Waals surface area (Å²) in [5.41, 5.74) is -0.478. The molecule has 80 valence electrons. The van der Waals surface area contributed by atoms with Gasteiger partial charge in [-0.1, -0.05) is 0 Å². The fourth-order valence-corrected chi connectivity index (χ4v) is 0.975. The molecule has 0 saturated carbocycles. The van der Waals surface area contributed by atoms with Crippen molar-refractivity contribution < 1.29 is 4.79 Å². The number of hydrogen-bond acceptors (Lipinski definition) is 1. The standard InChI is InChI=1S/C11H18ClNO/c1-4-5-6-7-8-13-10(14)11(2,3)9-12/h1H,5-9H2,2-3H3,(H,13,14). The molecular weight excluding hydrogens is 198 g/mol. The maximum atomic E-state index is 11.5. The number of amides is 1. The van der Waals surface area contributed by atoms with Crippen LogP contribution in [0.25, 0.3) is 0 Å². The predicted octanol–water partition coefficient (Wildman–Crippen LogP) is 2.17. The van der Waals surface area contributed by atoms with Crippen LogP contribution >= 0.6 is 11.6 Å². The largest absolute Gasteiger partial charge is 0.356 e. The number of rotatable bonds is 6. The van der Waals surface area contributed by atoms with Crippen molar-refractivity contribution >= 4 is 17.5 Å². The number of hydrogen-bond donors (Lipinski definition) is 1. The van der Waals surface area contributed by atoms with Crippen LogP contribution in [-0.2, 0) is 4.79 Å². The van der Waals surface area contributed by atoms with E-state index in [9.17, 15) is 4.79 Å². The monoisotopic (exact) mass is 215 g/mol. The van der Waals surface area contributed by atoms with Gasteiger partial charge in [-0.2, -0.15) is 0 Å². The summed E-state index contributed by atoms with van der Waals surface area (Å²) in [6, 6.07) is 0. The minimum Gasteiger partial charge on any atom is -0.356 e. The topological polar surface area (TPSA) is 29.1 Å². The van der Waals surface area contributed by atoms with Gasteiger partial charge in [0.1, 0.15) is 0 Å². The Labute approximate surface area is 91.4 Å². The Kier molecular flexibility index (Phi) is 6.40. The van der Waals surface area contributed by atoms with Gasteiger partial charge in [-0.05, 0) is 26.7 Å². The van der Waals surface area contributed by atoms with Gasteiger partial charge in [-0.15, -0.1) is 23.9 Å². The number of alkyl halides is 1. The Morgan fingerprint density at radius 1 is 1.50 bits per heavy atom. The lowest BCUT2D eigenvalue weighted by Gasteiger charge is -2.20. The summed E-state index contributed by atoms with van der Waals surface area (Å²) in [4.78, 5) is 11.5. The Hall–Kier alpha value is -0.680. The second-order valence-electron chi connectivity index (χ2n) is 3.93. The summed E-state index contributed by atoms with van der Waals surface area (Å²) in [5.74, 6) is 2.91. The molecule has 0 unspecified atom stereocenters. The zero-order chi connectivity index (χ0) is 11.0. The Morgan fingerprint density at radius 2 is 2.14 bits per heavy atom. The molecule has 14 heavy (non-hydrogen) atoms. The number of terminal acetylenes is 1. The summed E-state index contributed by atoms with van der Waals surface area (Å²) in [6.45, 7) is 4.34. The summed E-state index contributed by atoms with van der Waals surface area (Å²) >= 11 is 5.66. The quantitative estimate of drug-likeness (QED) is 0.411. The van der Waals surface area contributed by atoms with Crippen molar-refractivity contribution in [2.24, 2.45) is 5.41 Å². The van der Waals surface area contributed by atoms with Gasteiger partial charge in [0, 0.05) is 18.8 Å². The van der Waals surface area contributed by atoms with Crippen LogP contribution in [0.2, 0.25) is 0 Å². The molecule has 0 bridgehead atoms. The first-order valence-corrected chi connectivity index (χ1v) is 5.36. The number of halogens is 1. The van der Waals surface area contributed by atoms with Crippen molar-refractivity contribution in [3.8, 4) is 12.3 Å². The first-order chi connectivity index (χ1) is 6.54. The number of unbranched alkanes of at least 4 members (excludes halogenated alkanes) is 2. The van der Waals surface area contributed by atoms with Crippen LogP contribution in [0.1, 0.15) is 33.1 Å². The van der Waals surface area contributed by atoms with E-state index >= 15 is 0 Å². The van der Waals surface area contributed by atoms with E-state index in [2.05, 4.69) is 11.2 Å². The zero-order valence-electron chi connectivity index (χ0n) is 8.90. The molecule has 2 nitrogen and oxygen atoms in total. The van der Waals surface area contributed by atoms with Gasteiger partial charge in [0.25, 0.3) is 0 Å². The highest BCUT2D eigenvalue weighted by Crippen LogP contribution is 2.16. The van der Waals surface area contributed by atoms with E-state index in [4.69, 9.17) is 18.0 Å². The van der Waals surface area contributed by atoms with Crippen LogP contribution in [0.4, 0.5) is 0 Å². The Morgan fingerprint density at radius 3 is 2.64 bits per heavy atom. The molecule has 0 heterocycles. The summed E-state index contributed by atoms with van der Waals surface area (Å²) in [6.07, 6.45) is 7.76. The van der Waals surface area contributed by atoms with Gasteiger partial charge in [-0.3, -0.25) is 4.79 Å². The van der Waals surface area contributed by atoms with Gasteiger partial charge >= 0.3 is 0 Å². The Bertz CT molecular complexity index is 218. The molecule has 0 radical (unpaired) electrons. The molecule has 3 heteroatoms. The smallest absolute Gasteiger partial charge is 0.226 e. The molecule has 0 aromatic carbocycles. The van der Waals surface area contributed by atoms with Crippen molar-refractivity contribution in [2.45, 2.75) is 33.1 Å². The van der Waals surface area contributed by atoms with Crippen LogP contribution in [-0.4, -0.2) is 18.3 Å². The first kappa shape index (κ1) is 13.3. The van der Waals surface area contributed by atoms with Gasteiger partial charge in [0.15, 0.2) is 0 Å². The van der Waals surface area contributed by atoms with Crippen LogP contribution in [0.15, 0.2) is 0 Å². The van der Waals surface area contributed by atoms with E-state index < -0.39 is 5.41 Å². The molecular formula is C11H18ClNO. The molecule has 0 aromatic rings. The highest BCUT2D eigenvalue weighted by Gasteiger charge is 2.25. The number of nitrogens with one attached hydrogen (secondary N) is 1. The SMILES string of the molecule is C#CCCCCNC(=O)C(C)(C)CCl. The zero-order valence-corrected chi connectivity index (χ0v) is 9.66. The van der Waals surface area contributed by atoms with Crippen molar-refractivity contribution in [2.75, 3.05) is 12.4 Å². The summed E-state index contributed by atoms with van der Waals surface area (Å²) in [7, 11) is 0. The lowest BCUT2D eigenvalue weighted by molar-refractivity contribution is -0.128. The van der Waals surface area contributed by atoms with Crippen molar-refractivity contribution in [1.82, 2.24) is 5.32 Å². The molecule has 0 aromatic heterocycles. The van der Waals surface area contributed by atoms with Gasteiger partial charge in [-0.25, -0.2) is 0 Å². The third-order valence-corrected chi connectivity index (χ3v) is 2.65. The highest BCUT2D eigenvalue weighted by molar-refractivity contribution is 6.19. The van der Waals surface area contributed by atoms with E-state index in [1.54, 1.807) is 0 Å². The van der Waals surface area contributed by atoms with E-state index in [0.717, 1.165) is 19.3 Å². The van der Waals surface area contributed by atoms with Crippen LogP contribution in [0, 0.1) is 17.8 Å². The van der Waals surface area contributed by atoms with Gasteiger partial charge in [0.05, 0.1) is 5.41 Å². The third kappa shape index (κ3) is 5.14. The lowest BCUT2D eigenvalue weighted by atomic mass is 9.95. The van der Waals surface area contributed by atoms with E-state index in [-0.39, 0.29) is 5.91 Å². The van der Waals surface area contributed by atoms with Crippen LogP contribution < -0.4 is 5.32 Å². The maximum absolute atomic E-state index is 11.5. The minimum atomic E-state index is -0.478. The van der Waals surface area contributed by atoms with Crippen molar-refractivity contribution in [3.63, 3.8) is 0 Å². The predicted molar refractivity (Wildman–Crippen MR) is 60.2 cm³/mol. The fourth-order valence-electron chi connectivity index (χ4n) is 0.854. The number of carbonyl (C=O) groups is 1. The Balaban J connectivity index is 3.60. The molecule has 0 aliphatic carbocycles. The normalized spacial score (nSPS) is 10.7. The lowest BCUT2D eigenvalue weighted by Crippen LogP contribution is -2.38. The molecule has 0 spiro atoms. The first-order valence-electron chi connectivity index (χ1n) is 4.82. The average Bonchev–Trinajstić information content (AvgIpc) is 2.17. The molecule has 0 rings (SSSR count).